The van der Waals surface area contributed by atoms with Crippen LogP contribution in [0.1, 0.15) is 11.1 Å². The van der Waals surface area contributed by atoms with Crippen molar-refractivity contribution in [3.8, 4) is 11.5 Å². The molecule has 27 heavy (non-hydrogen) atoms. The van der Waals surface area contributed by atoms with Crippen molar-refractivity contribution >= 4 is 15.4 Å². The zero-order valence-electron chi connectivity index (χ0n) is 14.5. The lowest BCUT2D eigenvalue weighted by Crippen LogP contribution is -2.99. The molecule has 1 aliphatic heterocycles. The van der Waals surface area contributed by atoms with Crippen molar-refractivity contribution < 1.29 is 33.1 Å². The van der Waals surface area contributed by atoms with Crippen molar-refractivity contribution in [3.05, 3.63) is 65.0 Å². The van der Waals surface area contributed by atoms with Gasteiger partial charge in [-0.1, -0.05) is 18.2 Å². The van der Waals surface area contributed by atoms with E-state index in [1.54, 1.807) is 30.3 Å². The lowest BCUT2D eigenvalue weighted by molar-refractivity contribution is -1.00. The van der Waals surface area contributed by atoms with E-state index in [2.05, 4.69) is 0 Å². The summed E-state index contributed by atoms with van der Waals surface area (Å²) in [4.78, 5) is 0.121. The number of hydrogen-bond acceptors (Lipinski definition) is 7. The van der Waals surface area contributed by atoms with Gasteiger partial charge < -0.3 is 19.4 Å². The molecule has 0 fully saturated rings. The van der Waals surface area contributed by atoms with Crippen molar-refractivity contribution in [1.29, 1.82) is 0 Å². The number of benzene rings is 2. The van der Waals surface area contributed by atoms with Gasteiger partial charge in [-0.15, -0.1) is 0 Å². The highest BCUT2D eigenvalue weighted by molar-refractivity contribution is 7.91. The number of quaternary nitrogens is 1. The molecule has 2 aromatic carbocycles. The molecule has 1 atom stereocenters. The van der Waals surface area contributed by atoms with Gasteiger partial charge in [-0.25, -0.2) is 18.9 Å². The number of rotatable bonds is 7. The van der Waals surface area contributed by atoms with Crippen LogP contribution in [0.25, 0.3) is 5.57 Å². The number of hydrogen-bond donors (Lipinski definition) is 2. The molecule has 0 bridgehead atoms. The van der Waals surface area contributed by atoms with Crippen molar-refractivity contribution in [2.75, 3.05) is 19.7 Å². The smallest absolute Gasteiger partial charge is 0.231 e. The molecule has 3 rings (SSSR count). The van der Waals surface area contributed by atoms with E-state index in [1.807, 2.05) is 0 Å². The highest BCUT2D eigenvalue weighted by Gasteiger charge is 2.24. The molecule has 0 spiro atoms. The number of sulfone groups is 1. The Morgan fingerprint density at radius 3 is 2.56 bits per heavy atom. The summed E-state index contributed by atoms with van der Waals surface area (Å²) in [6.45, 7) is 0.208. The third-order valence-corrected chi connectivity index (χ3v) is 5.67. The first kappa shape index (κ1) is 19.3. The monoisotopic (exact) mass is 393 g/mol. The molecule has 0 saturated carbocycles. The molecular weight excluding hydrogens is 374 g/mol. The molecule has 9 heteroatoms. The summed E-state index contributed by atoms with van der Waals surface area (Å²) in [6.07, 6.45) is 0.900. The molecule has 1 heterocycles. The Bertz CT molecular complexity index is 940. The van der Waals surface area contributed by atoms with E-state index in [0.717, 1.165) is 6.20 Å². The second-order valence-electron chi connectivity index (χ2n) is 5.88. The van der Waals surface area contributed by atoms with Crippen LogP contribution in [0.5, 0.6) is 11.5 Å². The second-order valence-corrected chi connectivity index (χ2v) is 7.87. The third kappa shape index (κ3) is 4.46. The number of methoxy groups -OCH3 is 1. The standard InChI is InChI=1S/C18H19NO7S/c1-24-10-13-7-17-18(26-12-25-17)8-16(13)14(9-19(20)21)11-27(22,23)15-5-3-2-4-6-15/h2-9,19-20H,10-12H2,1H3/b14-9-. The van der Waals surface area contributed by atoms with Crippen LogP contribution in [-0.2, 0) is 21.2 Å². The normalized spacial score (nSPS) is 15.0. The van der Waals surface area contributed by atoms with E-state index >= 15 is 0 Å². The maximum Gasteiger partial charge on any atom is 0.231 e. The van der Waals surface area contributed by atoms with Gasteiger partial charge in [0.2, 0.25) is 6.79 Å². The summed E-state index contributed by atoms with van der Waals surface area (Å²) >= 11 is 0. The SMILES string of the molecule is COCc1cc2c(cc1/C(=C\[NH+]([O-])O)CS(=O)(=O)c1ccccc1)OCO2. The molecule has 0 amide bonds. The van der Waals surface area contributed by atoms with Crippen molar-refractivity contribution in [2.24, 2.45) is 0 Å². The zero-order chi connectivity index (χ0) is 19.4. The maximum atomic E-state index is 12.8. The molecule has 0 aliphatic carbocycles. The van der Waals surface area contributed by atoms with Crippen LogP contribution in [-0.4, -0.2) is 33.3 Å². The molecule has 8 nitrogen and oxygen atoms in total. The van der Waals surface area contributed by atoms with E-state index in [4.69, 9.17) is 14.2 Å². The molecule has 0 saturated heterocycles. The average Bonchev–Trinajstić information content (AvgIpc) is 3.08. The largest absolute Gasteiger partial charge is 0.595 e. The minimum absolute atomic E-state index is 0.0471. The Balaban J connectivity index is 2.06. The Morgan fingerprint density at radius 1 is 1.26 bits per heavy atom. The minimum Gasteiger partial charge on any atom is -0.595 e. The van der Waals surface area contributed by atoms with Crippen LogP contribution in [0.3, 0.4) is 0 Å². The maximum absolute atomic E-state index is 12.8. The van der Waals surface area contributed by atoms with Crippen molar-refractivity contribution in [1.82, 2.24) is 0 Å². The van der Waals surface area contributed by atoms with Crippen LogP contribution in [0.15, 0.2) is 53.6 Å². The van der Waals surface area contributed by atoms with Gasteiger partial charge in [-0.05, 0) is 35.4 Å². The number of nitrogens with one attached hydrogen (secondary N) is 1. The molecule has 2 N–H and O–H groups in total. The van der Waals surface area contributed by atoms with Gasteiger partial charge in [-0.2, -0.15) is 0 Å². The van der Waals surface area contributed by atoms with Gasteiger partial charge >= 0.3 is 0 Å². The van der Waals surface area contributed by atoms with E-state index in [0.29, 0.717) is 22.6 Å². The fraction of sp³-hybridized carbons (Fsp3) is 0.222. The van der Waals surface area contributed by atoms with Crippen LogP contribution in [0.2, 0.25) is 0 Å². The van der Waals surface area contributed by atoms with Crippen molar-refractivity contribution in [3.63, 3.8) is 0 Å². The summed E-state index contributed by atoms with van der Waals surface area (Å²) in [5.41, 5.74) is 1.18. The highest BCUT2D eigenvalue weighted by Crippen LogP contribution is 2.38. The van der Waals surface area contributed by atoms with Gasteiger partial charge in [0.25, 0.3) is 0 Å². The molecule has 0 radical (unpaired) electrons. The first-order valence-corrected chi connectivity index (χ1v) is 9.69. The van der Waals surface area contributed by atoms with Crippen LogP contribution in [0, 0.1) is 5.21 Å². The predicted molar refractivity (Wildman–Crippen MR) is 95.9 cm³/mol. The lowest BCUT2D eigenvalue weighted by Gasteiger charge is -2.16. The van der Waals surface area contributed by atoms with Gasteiger partial charge in [-0.3, -0.25) is 0 Å². The highest BCUT2D eigenvalue weighted by atomic mass is 32.2. The Labute approximate surface area is 156 Å². The Hall–Kier alpha value is -2.43. The van der Waals surface area contributed by atoms with E-state index in [9.17, 15) is 18.8 Å². The van der Waals surface area contributed by atoms with Gasteiger partial charge in [0.05, 0.1) is 17.3 Å². The second kappa shape index (κ2) is 8.07. The predicted octanol–water partition coefficient (Wildman–Crippen LogP) is 1.15. The van der Waals surface area contributed by atoms with E-state index in [1.165, 1.54) is 19.2 Å². The Morgan fingerprint density at radius 2 is 1.93 bits per heavy atom. The quantitative estimate of drug-likeness (QED) is 0.679. The molecule has 144 valence electrons. The Kier molecular flexibility index (Phi) is 5.78. The number of ether oxygens (including phenoxy) is 3. The van der Waals surface area contributed by atoms with Gasteiger partial charge in [0.15, 0.2) is 21.3 Å². The number of fused-ring (bicyclic) bond motifs is 1. The van der Waals surface area contributed by atoms with Gasteiger partial charge in [0.1, 0.15) is 6.20 Å². The van der Waals surface area contributed by atoms with Crippen molar-refractivity contribution in [2.45, 2.75) is 11.5 Å². The van der Waals surface area contributed by atoms with Crippen LogP contribution < -0.4 is 14.7 Å². The summed E-state index contributed by atoms with van der Waals surface area (Å²) in [5, 5.41) is 19.4. The first-order chi connectivity index (χ1) is 12.9. The lowest BCUT2D eigenvalue weighted by atomic mass is 10.0. The summed E-state index contributed by atoms with van der Waals surface area (Å²) in [7, 11) is -2.25. The minimum atomic E-state index is -3.74. The van der Waals surface area contributed by atoms with E-state index < -0.39 is 20.8 Å². The molecule has 1 unspecified atom stereocenters. The molecule has 0 aromatic heterocycles. The average molecular weight is 393 g/mol. The summed E-state index contributed by atoms with van der Waals surface area (Å²) in [5.74, 6) is 0.462. The van der Waals surface area contributed by atoms with Gasteiger partial charge in [0, 0.05) is 12.7 Å². The molecule has 2 aromatic rings. The molecular formula is C18H19NO7S. The van der Waals surface area contributed by atoms with E-state index in [-0.39, 0.29) is 23.9 Å². The van der Waals surface area contributed by atoms with Crippen LogP contribution in [0.4, 0.5) is 0 Å². The summed E-state index contributed by atoms with van der Waals surface area (Å²) in [6, 6.07) is 11.2. The molecule has 1 aliphatic rings. The summed E-state index contributed by atoms with van der Waals surface area (Å²) < 4.78 is 41.4. The topological polar surface area (TPSA) is 110 Å². The fourth-order valence-corrected chi connectivity index (χ4v) is 4.21. The van der Waals surface area contributed by atoms with Crippen LogP contribution >= 0.6 is 0 Å². The third-order valence-electron chi connectivity index (χ3n) is 3.99. The number of hydroxylamine groups is 2. The first-order valence-electron chi connectivity index (χ1n) is 8.04. The zero-order valence-corrected chi connectivity index (χ0v) is 15.4. The fourth-order valence-electron chi connectivity index (χ4n) is 2.82.